The molecule has 0 bridgehead atoms. The highest BCUT2D eigenvalue weighted by atomic mass is 32.2. The van der Waals surface area contributed by atoms with Crippen molar-refractivity contribution >= 4 is 17.5 Å². The van der Waals surface area contributed by atoms with Gasteiger partial charge in [-0.2, -0.15) is 0 Å². The Morgan fingerprint density at radius 2 is 1.74 bits per heavy atom. The molecule has 3 fully saturated rings. The molecule has 0 aromatic heterocycles. The Hall–Kier alpha value is -0.0600. The highest BCUT2D eigenvalue weighted by molar-refractivity contribution is 8.00. The lowest BCUT2D eigenvalue weighted by Crippen LogP contribution is -2.47. The molecule has 0 spiro atoms. The molecule has 4 heteroatoms. The zero-order chi connectivity index (χ0) is 13.2. The Morgan fingerprint density at radius 3 is 2.53 bits per heavy atom. The van der Waals surface area contributed by atoms with Crippen molar-refractivity contribution in [2.75, 3.05) is 6.54 Å². The second-order valence-electron chi connectivity index (χ2n) is 6.39. The van der Waals surface area contributed by atoms with Crippen LogP contribution >= 0.6 is 11.8 Å². The Balaban J connectivity index is 1.60. The predicted octanol–water partition coefficient (Wildman–Crippen LogP) is 2.74. The van der Waals surface area contributed by atoms with Gasteiger partial charge in [0.1, 0.15) is 11.3 Å². The number of hydrogen-bond donors (Lipinski definition) is 1. The molecule has 0 aromatic carbocycles. The quantitative estimate of drug-likeness (QED) is 0.864. The molecule has 3 aliphatic rings. The minimum atomic E-state index is 0.0561. The molecule has 1 saturated heterocycles. The highest BCUT2D eigenvalue weighted by Crippen LogP contribution is 2.41. The van der Waals surface area contributed by atoms with E-state index in [1.807, 2.05) is 11.8 Å². The lowest BCUT2D eigenvalue weighted by Gasteiger charge is -2.32. The summed E-state index contributed by atoms with van der Waals surface area (Å²) >= 11 is 1.90. The van der Waals surface area contributed by atoms with Crippen LogP contribution in [0.25, 0.3) is 0 Å². The number of carbonyl (C=O) groups excluding carboxylic acids is 1. The molecule has 0 amide bonds. The summed E-state index contributed by atoms with van der Waals surface area (Å²) < 4.78 is 0. The van der Waals surface area contributed by atoms with Crippen molar-refractivity contribution < 1.29 is 4.79 Å². The normalized spacial score (nSPS) is 37.2. The van der Waals surface area contributed by atoms with Gasteiger partial charge < -0.3 is 5.73 Å². The molecule has 2 N–H and O–H groups in total. The summed E-state index contributed by atoms with van der Waals surface area (Å²) in [5, 5.41) is 0.683. The van der Waals surface area contributed by atoms with Gasteiger partial charge in [0, 0.05) is 17.2 Å². The van der Waals surface area contributed by atoms with E-state index in [4.69, 9.17) is 5.73 Å². The number of Topliss-reactive ketones (excluding diaryl/α,β-unsaturated/α-hetero) is 1. The molecule has 3 rings (SSSR count). The molecule has 3 nitrogen and oxygen atoms in total. The third-order valence-electron chi connectivity index (χ3n) is 5.13. The fraction of sp³-hybridized carbons (Fsp3) is 0.933. The lowest BCUT2D eigenvalue weighted by atomic mass is 9.85. The summed E-state index contributed by atoms with van der Waals surface area (Å²) in [7, 11) is 0. The second-order valence-corrected chi connectivity index (χ2v) is 7.75. The smallest absolute Gasteiger partial charge is 0.150 e. The number of hydrogen-bond acceptors (Lipinski definition) is 4. The number of thioether (sulfide) groups is 1. The molecule has 3 atom stereocenters. The molecule has 2 saturated carbocycles. The Kier molecular flexibility index (Phi) is 4.50. The SMILES string of the molecule is NC1SC2CCCCC2N1CC(=O)C1CCCCC1. The summed E-state index contributed by atoms with van der Waals surface area (Å²) in [6.45, 7) is 0.611. The van der Waals surface area contributed by atoms with Gasteiger partial charge in [-0.25, -0.2) is 0 Å². The second kappa shape index (κ2) is 6.15. The van der Waals surface area contributed by atoms with Crippen molar-refractivity contribution in [1.29, 1.82) is 0 Å². The van der Waals surface area contributed by atoms with Crippen LogP contribution in [0.3, 0.4) is 0 Å². The van der Waals surface area contributed by atoms with Crippen molar-refractivity contribution in [2.24, 2.45) is 11.7 Å². The number of rotatable bonds is 3. The van der Waals surface area contributed by atoms with Crippen LogP contribution < -0.4 is 5.73 Å². The number of carbonyl (C=O) groups is 1. The van der Waals surface area contributed by atoms with Gasteiger partial charge >= 0.3 is 0 Å². The average molecular weight is 282 g/mol. The monoisotopic (exact) mass is 282 g/mol. The summed E-state index contributed by atoms with van der Waals surface area (Å²) in [6.07, 6.45) is 11.2. The molecule has 19 heavy (non-hydrogen) atoms. The van der Waals surface area contributed by atoms with Gasteiger partial charge in [-0.15, -0.1) is 11.8 Å². The maximum Gasteiger partial charge on any atom is 0.150 e. The molecule has 1 aliphatic heterocycles. The average Bonchev–Trinajstić information content (AvgIpc) is 2.76. The topological polar surface area (TPSA) is 46.3 Å². The van der Waals surface area contributed by atoms with Gasteiger partial charge in [0.05, 0.1) is 6.54 Å². The summed E-state index contributed by atoms with van der Waals surface area (Å²) in [5.41, 5.74) is 6.31. The first-order valence-electron chi connectivity index (χ1n) is 7.95. The molecule has 1 heterocycles. The van der Waals surface area contributed by atoms with E-state index in [1.165, 1.54) is 44.9 Å². The predicted molar refractivity (Wildman–Crippen MR) is 79.9 cm³/mol. The van der Waals surface area contributed by atoms with E-state index in [9.17, 15) is 4.79 Å². The molecule has 2 aliphatic carbocycles. The van der Waals surface area contributed by atoms with Crippen LogP contribution in [-0.4, -0.2) is 34.0 Å². The van der Waals surface area contributed by atoms with E-state index < -0.39 is 0 Å². The maximum absolute atomic E-state index is 12.5. The summed E-state index contributed by atoms with van der Waals surface area (Å²) in [4.78, 5) is 14.8. The van der Waals surface area contributed by atoms with E-state index in [2.05, 4.69) is 4.90 Å². The largest absolute Gasteiger partial charge is 0.307 e. The molecule has 0 radical (unpaired) electrons. The van der Waals surface area contributed by atoms with Gasteiger partial charge in [0.25, 0.3) is 0 Å². The van der Waals surface area contributed by atoms with Crippen LogP contribution in [0.1, 0.15) is 57.8 Å². The standard InChI is InChI=1S/C15H26N2OS/c16-15-17(12-8-4-5-9-14(12)19-15)10-13(18)11-6-2-1-3-7-11/h11-12,14-15H,1-10,16H2. The van der Waals surface area contributed by atoms with Gasteiger partial charge in [-0.1, -0.05) is 32.1 Å². The maximum atomic E-state index is 12.5. The van der Waals surface area contributed by atoms with Crippen molar-refractivity contribution in [3.8, 4) is 0 Å². The van der Waals surface area contributed by atoms with Crippen LogP contribution in [0, 0.1) is 5.92 Å². The first-order chi connectivity index (χ1) is 9.25. The third-order valence-corrected chi connectivity index (χ3v) is 6.58. The van der Waals surface area contributed by atoms with Crippen molar-refractivity contribution in [3.05, 3.63) is 0 Å². The van der Waals surface area contributed by atoms with E-state index >= 15 is 0 Å². The van der Waals surface area contributed by atoms with E-state index in [1.54, 1.807) is 0 Å². The molecule has 108 valence electrons. The zero-order valence-corrected chi connectivity index (χ0v) is 12.5. The van der Waals surface area contributed by atoms with Crippen LogP contribution in [-0.2, 0) is 4.79 Å². The van der Waals surface area contributed by atoms with Crippen LogP contribution in [0.5, 0.6) is 0 Å². The van der Waals surface area contributed by atoms with Gasteiger partial charge in [0.2, 0.25) is 0 Å². The Morgan fingerprint density at radius 1 is 1.05 bits per heavy atom. The minimum Gasteiger partial charge on any atom is -0.307 e. The van der Waals surface area contributed by atoms with Gasteiger partial charge in [-0.3, -0.25) is 9.69 Å². The molecular formula is C15H26N2OS. The highest BCUT2D eigenvalue weighted by Gasteiger charge is 2.42. The van der Waals surface area contributed by atoms with E-state index in [-0.39, 0.29) is 5.50 Å². The number of ketones is 1. The van der Waals surface area contributed by atoms with Crippen LogP contribution in [0.2, 0.25) is 0 Å². The lowest BCUT2D eigenvalue weighted by molar-refractivity contribution is -0.125. The van der Waals surface area contributed by atoms with Gasteiger partial charge in [0.15, 0.2) is 0 Å². The molecule has 3 unspecified atom stereocenters. The summed E-state index contributed by atoms with van der Waals surface area (Å²) in [5.74, 6) is 0.788. The minimum absolute atomic E-state index is 0.0561. The van der Waals surface area contributed by atoms with Crippen molar-refractivity contribution in [1.82, 2.24) is 4.90 Å². The third kappa shape index (κ3) is 3.01. The van der Waals surface area contributed by atoms with Gasteiger partial charge in [-0.05, 0) is 25.7 Å². The van der Waals surface area contributed by atoms with Crippen LogP contribution in [0.4, 0.5) is 0 Å². The first kappa shape index (κ1) is 13.9. The first-order valence-corrected chi connectivity index (χ1v) is 8.89. The fourth-order valence-electron chi connectivity index (χ4n) is 4.00. The van der Waals surface area contributed by atoms with Crippen molar-refractivity contribution in [2.45, 2.75) is 74.6 Å². The Labute approximate surface area is 120 Å². The molecular weight excluding hydrogens is 256 g/mol. The van der Waals surface area contributed by atoms with E-state index in [0.717, 1.165) is 12.8 Å². The number of nitrogens with two attached hydrogens (primary N) is 1. The fourth-order valence-corrected chi connectivity index (χ4v) is 5.52. The number of fused-ring (bicyclic) bond motifs is 1. The zero-order valence-electron chi connectivity index (χ0n) is 11.7. The number of nitrogens with zero attached hydrogens (tertiary/aromatic N) is 1. The Bertz CT molecular complexity index is 330. The summed E-state index contributed by atoms with van der Waals surface area (Å²) in [6, 6.07) is 0.571. The van der Waals surface area contributed by atoms with Crippen molar-refractivity contribution in [3.63, 3.8) is 0 Å². The van der Waals surface area contributed by atoms with E-state index in [0.29, 0.717) is 29.5 Å². The molecule has 0 aromatic rings. The van der Waals surface area contributed by atoms with Crippen LogP contribution in [0.15, 0.2) is 0 Å².